The lowest BCUT2D eigenvalue weighted by Gasteiger charge is -2.33. The van der Waals surface area contributed by atoms with Gasteiger partial charge in [0.2, 0.25) is 0 Å². The van der Waals surface area contributed by atoms with Crippen LogP contribution in [0.25, 0.3) is 10.9 Å². The van der Waals surface area contributed by atoms with Gasteiger partial charge in [-0.05, 0) is 49.7 Å². The maximum Gasteiger partial charge on any atom is 0.273 e. The second-order valence-corrected chi connectivity index (χ2v) is 10.5. The highest BCUT2D eigenvalue weighted by Gasteiger charge is 2.39. The van der Waals surface area contributed by atoms with Crippen molar-refractivity contribution in [3.8, 4) is 0 Å². The van der Waals surface area contributed by atoms with E-state index in [4.69, 9.17) is 4.98 Å². The van der Waals surface area contributed by atoms with Crippen molar-refractivity contribution in [3.05, 3.63) is 77.0 Å². The largest absolute Gasteiger partial charge is 0.339 e. The van der Waals surface area contributed by atoms with Crippen molar-refractivity contribution >= 4 is 22.7 Å². The molecule has 180 valence electrons. The number of pyridine rings is 1. The van der Waals surface area contributed by atoms with Gasteiger partial charge in [0, 0.05) is 36.6 Å². The van der Waals surface area contributed by atoms with E-state index in [-0.39, 0.29) is 17.9 Å². The van der Waals surface area contributed by atoms with Gasteiger partial charge in [0.1, 0.15) is 5.69 Å². The molecule has 0 atom stereocenters. The summed E-state index contributed by atoms with van der Waals surface area (Å²) in [4.78, 5) is 36.2. The van der Waals surface area contributed by atoms with E-state index in [1.54, 1.807) is 0 Å². The minimum atomic E-state index is 0.00766. The van der Waals surface area contributed by atoms with Crippen LogP contribution >= 0.6 is 0 Å². The lowest BCUT2D eigenvalue weighted by molar-refractivity contribution is 0.0647. The van der Waals surface area contributed by atoms with Gasteiger partial charge in [0.15, 0.2) is 0 Å². The van der Waals surface area contributed by atoms with Gasteiger partial charge in [-0.1, -0.05) is 67.8 Å². The predicted molar refractivity (Wildman–Crippen MR) is 137 cm³/mol. The smallest absolute Gasteiger partial charge is 0.273 e. The summed E-state index contributed by atoms with van der Waals surface area (Å²) in [5.74, 6) is 0.675. The first-order valence-electron chi connectivity index (χ1n) is 13.2. The molecule has 3 heterocycles. The number of amides is 2. The molecule has 35 heavy (non-hydrogen) atoms. The number of carbonyl (C=O) groups excluding carboxylic acids is 2. The molecule has 2 aromatic carbocycles. The summed E-state index contributed by atoms with van der Waals surface area (Å²) in [5, 5.41) is 0.876. The highest BCUT2D eigenvalue weighted by atomic mass is 16.2. The van der Waals surface area contributed by atoms with Crippen LogP contribution in [0.1, 0.15) is 76.9 Å². The van der Waals surface area contributed by atoms with Crippen LogP contribution in [-0.4, -0.2) is 45.7 Å². The summed E-state index contributed by atoms with van der Waals surface area (Å²) in [6.45, 7) is 2.05. The normalized spacial score (nSPS) is 19.4. The van der Waals surface area contributed by atoms with Gasteiger partial charge in [-0.25, -0.2) is 4.98 Å². The van der Waals surface area contributed by atoms with Crippen LogP contribution in [0.15, 0.2) is 54.6 Å². The van der Waals surface area contributed by atoms with Gasteiger partial charge in [-0.15, -0.1) is 0 Å². The molecule has 1 saturated heterocycles. The van der Waals surface area contributed by atoms with E-state index in [2.05, 4.69) is 30.3 Å². The fourth-order valence-electron chi connectivity index (χ4n) is 6.34. The highest BCUT2D eigenvalue weighted by molar-refractivity contribution is 6.11. The Morgan fingerprint density at radius 2 is 1.60 bits per heavy atom. The van der Waals surface area contributed by atoms with E-state index in [9.17, 15) is 9.59 Å². The Bertz CT molecular complexity index is 1240. The van der Waals surface area contributed by atoms with Crippen LogP contribution in [0.3, 0.4) is 0 Å². The van der Waals surface area contributed by atoms with Crippen LogP contribution in [0.5, 0.6) is 0 Å². The number of fused-ring (bicyclic) bond motifs is 2. The van der Waals surface area contributed by atoms with Gasteiger partial charge >= 0.3 is 0 Å². The molecule has 6 rings (SSSR count). The number of piperidine rings is 1. The Labute approximate surface area is 207 Å². The molecule has 0 unspecified atom stereocenters. The van der Waals surface area contributed by atoms with Crippen molar-refractivity contribution in [1.29, 1.82) is 0 Å². The molecule has 0 spiro atoms. The Morgan fingerprint density at radius 3 is 2.37 bits per heavy atom. The van der Waals surface area contributed by atoms with Crippen molar-refractivity contribution in [3.63, 3.8) is 0 Å². The van der Waals surface area contributed by atoms with Gasteiger partial charge < -0.3 is 9.80 Å². The van der Waals surface area contributed by atoms with E-state index >= 15 is 0 Å². The Morgan fingerprint density at radius 1 is 0.886 bits per heavy atom. The average molecular weight is 468 g/mol. The zero-order valence-electron chi connectivity index (χ0n) is 20.3. The first-order chi connectivity index (χ1) is 17.2. The van der Waals surface area contributed by atoms with Crippen LogP contribution in [0.2, 0.25) is 0 Å². The maximum absolute atomic E-state index is 14.0. The zero-order chi connectivity index (χ0) is 23.8. The number of para-hydroxylation sites is 1. The first-order valence-corrected chi connectivity index (χ1v) is 13.2. The van der Waals surface area contributed by atoms with Crippen LogP contribution in [0.4, 0.5) is 0 Å². The van der Waals surface area contributed by atoms with Gasteiger partial charge in [0.05, 0.1) is 11.1 Å². The molecule has 1 saturated carbocycles. The third-order valence-electron chi connectivity index (χ3n) is 8.28. The highest BCUT2D eigenvalue weighted by Crippen LogP contribution is 2.36. The minimum absolute atomic E-state index is 0.00766. The molecular formula is C30H33N3O2. The number of aromatic nitrogens is 1. The molecule has 2 fully saturated rings. The van der Waals surface area contributed by atoms with E-state index in [1.165, 1.54) is 24.8 Å². The third-order valence-corrected chi connectivity index (χ3v) is 8.28. The van der Waals surface area contributed by atoms with Gasteiger partial charge in [0.25, 0.3) is 11.8 Å². The van der Waals surface area contributed by atoms with Crippen LogP contribution < -0.4 is 0 Å². The summed E-state index contributed by atoms with van der Waals surface area (Å²) >= 11 is 0. The molecule has 1 aliphatic carbocycles. The second-order valence-electron chi connectivity index (χ2n) is 10.5. The molecule has 0 radical (unpaired) electrons. The molecule has 5 heteroatoms. The number of carbonyl (C=O) groups is 2. The minimum Gasteiger partial charge on any atom is -0.339 e. The number of nitrogens with zero attached hydrogens (tertiary/aromatic N) is 3. The predicted octanol–water partition coefficient (Wildman–Crippen LogP) is 5.62. The fourth-order valence-corrected chi connectivity index (χ4v) is 6.34. The van der Waals surface area contributed by atoms with Crippen molar-refractivity contribution in [2.45, 2.75) is 64.0 Å². The zero-order valence-corrected chi connectivity index (χ0v) is 20.3. The summed E-state index contributed by atoms with van der Waals surface area (Å²) in [6, 6.07) is 18.7. The van der Waals surface area contributed by atoms with Crippen LogP contribution in [0, 0.1) is 5.92 Å². The summed E-state index contributed by atoms with van der Waals surface area (Å²) in [7, 11) is 0. The number of hydrogen-bond donors (Lipinski definition) is 0. The van der Waals surface area contributed by atoms with E-state index in [0.29, 0.717) is 23.7 Å². The second kappa shape index (κ2) is 9.44. The SMILES string of the molecule is O=C(c1c2c(nc3ccccc13)C(=O)N(C1CCCCC1)C2)N1CCC(Cc2ccccc2)CC1. The van der Waals surface area contributed by atoms with E-state index in [1.807, 2.05) is 34.1 Å². The topological polar surface area (TPSA) is 53.5 Å². The molecule has 5 nitrogen and oxygen atoms in total. The van der Waals surface area contributed by atoms with Gasteiger partial charge in [-0.3, -0.25) is 9.59 Å². The molecule has 2 aliphatic heterocycles. The number of hydrogen-bond acceptors (Lipinski definition) is 3. The Hall–Kier alpha value is -3.21. The third kappa shape index (κ3) is 4.22. The van der Waals surface area contributed by atoms with Crippen molar-refractivity contribution in [1.82, 2.24) is 14.8 Å². The maximum atomic E-state index is 14.0. The molecule has 3 aliphatic rings. The lowest BCUT2D eigenvalue weighted by Crippen LogP contribution is -2.39. The molecule has 0 bridgehead atoms. The fraction of sp³-hybridized carbons (Fsp3) is 0.433. The van der Waals surface area contributed by atoms with E-state index < -0.39 is 0 Å². The lowest BCUT2D eigenvalue weighted by atomic mass is 9.89. The molecule has 0 N–H and O–H groups in total. The summed E-state index contributed by atoms with van der Waals surface area (Å²) in [6.07, 6.45) is 8.79. The Kier molecular flexibility index (Phi) is 6.01. The standard InChI is InChI=1S/C30H33N3O2/c34-29(32-17-15-22(16-18-32)19-21-9-3-1-4-10-21)27-24-13-7-8-14-26(24)31-28-25(27)20-33(30(28)35)23-11-5-2-6-12-23/h1,3-4,7-10,13-14,22-23H,2,5-6,11-12,15-20H2. The molecule has 1 aromatic heterocycles. The van der Waals surface area contributed by atoms with Crippen LogP contribution in [-0.2, 0) is 13.0 Å². The Balaban J connectivity index is 1.27. The molecule has 2 amide bonds. The number of rotatable bonds is 4. The van der Waals surface area contributed by atoms with Gasteiger partial charge in [-0.2, -0.15) is 0 Å². The quantitative estimate of drug-likeness (QED) is 0.501. The summed E-state index contributed by atoms with van der Waals surface area (Å²) in [5.41, 5.74) is 4.16. The first kappa shape index (κ1) is 22.3. The monoisotopic (exact) mass is 467 g/mol. The van der Waals surface area contributed by atoms with Crippen molar-refractivity contribution in [2.24, 2.45) is 5.92 Å². The van der Waals surface area contributed by atoms with E-state index in [0.717, 1.165) is 61.7 Å². The van der Waals surface area contributed by atoms with Crippen molar-refractivity contribution < 1.29 is 9.59 Å². The molecule has 3 aromatic rings. The van der Waals surface area contributed by atoms with Crippen molar-refractivity contribution in [2.75, 3.05) is 13.1 Å². The number of likely N-dealkylation sites (tertiary alicyclic amines) is 1. The average Bonchev–Trinajstić information content (AvgIpc) is 3.24. The summed E-state index contributed by atoms with van der Waals surface area (Å²) < 4.78 is 0. The molecular weight excluding hydrogens is 434 g/mol. The number of benzene rings is 2.